The normalized spacial score (nSPS) is 12.0. The molecule has 0 aliphatic heterocycles. The highest BCUT2D eigenvalue weighted by Crippen LogP contribution is 2.35. The Kier molecular flexibility index (Phi) is 5.31. The van der Waals surface area contributed by atoms with Crippen LogP contribution in [0.4, 0.5) is 0 Å². The Morgan fingerprint density at radius 2 is 1.33 bits per heavy atom. The molecule has 0 spiro atoms. The van der Waals surface area contributed by atoms with Crippen LogP contribution < -0.4 is 5.32 Å². The maximum atomic E-state index is 11.3. The van der Waals surface area contributed by atoms with E-state index in [2.05, 4.69) is 59.9 Å². The number of hydrogen-bond donors (Lipinski definition) is 1. The monoisotopic (exact) mass is 403 g/mol. The van der Waals surface area contributed by atoms with Crippen molar-refractivity contribution in [2.45, 2.75) is 32.9 Å². The van der Waals surface area contributed by atoms with Crippen LogP contribution in [-0.4, -0.2) is 30.7 Å². The number of carbonyl (C=O) groups excluding carboxylic acids is 2. The Morgan fingerprint density at radius 1 is 0.800 bits per heavy atom. The van der Waals surface area contributed by atoms with Crippen molar-refractivity contribution in [3.63, 3.8) is 0 Å². The Hall–Kier alpha value is -3.18. The molecule has 0 heterocycles. The molecule has 1 N–H and O–H groups in total. The van der Waals surface area contributed by atoms with Gasteiger partial charge in [0.15, 0.2) is 0 Å². The fraction of sp³-hybridized carbons (Fsp3) is 0.280. The van der Waals surface area contributed by atoms with E-state index >= 15 is 0 Å². The fourth-order valence-electron chi connectivity index (χ4n) is 3.92. The first-order valence-electron chi connectivity index (χ1n) is 10.0. The first kappa shape index (κ1) is 20.1. The molecule has 0 aliphatic carbocycles. The zero-order valence-electron chi connectivity index (χ0n) is 17.5. The van der Waals surface area contributed by atoms with E-state index in [-0.39, 0.29) is 25.2 Å². The molecule has 4 aromatic rings. The van der Waals surface area contributed by atoms with Gasteiger partial charge >= 0.3 is 11.9 Å². The lowest BCUT2D eigenvalue weighted by Crippen LogP contribution is -2.50. The predicted molar refractivity (Wildman–Crippen MR) is 119 cm³/mol. The number of carbonyl (C=O) groups is 2. The van der Waals surface area contributed by atoms with Crippen LogP contribution in [0.1, 0.15) is 26.3 Å². The van der Waals surface area contributed by atoms with Crippen LogP contribution in [0.3, 0.4) is 0 Å². The van der Waals surface area contributed by atoms with E-state index < -0.39 is 5.54 Å². The van der Waals surface area contributed by atoms with Gasteiger partial charge in [-0.1, -0.05) is 54.6 Å². The average molecular weight is 403 g/mol. The maximum Gasteiger partial charge on any atom is 0.302 e. The van der Waals surface area contributed by atoms with E-state index in [0.717, 1.165) is 5.56 Å². The first-order valence-corrected chi connectivity index (χ1v) is 10.0. The van der Waals surface area contributed by atoms with E-state index in [9.17, 15) is 9.59 Å². The summed E-state index contributed by atoms with van der Waals surface area (Å²) in [4.78, 5) is 22.6. The van der Waals surface area contributed by atoms with Crippen molar-refractivity contribution < 1.29 is 19.1 Å². The molecule has 4 rings (SSSR count). The van der Waals surface area contributed by atoms with E-state index in [4.69, 9.17) is 9.47 Å². The van der Waals surface area contributed by atoms with E-state index in [1.54, 1.807) is 0 Å². The van der Waals surface area contributed by atoms with Gasteiger partial charge in [0, 0.05) is 20.4 Å². The second kappa shape index (κ2) is 7.92. The van der Waals surface area contributed by atoms with Gasteiger partial charge in [0.1, 0.15) is 13.2 Å². The second-order valence-corrected chi connectivity index (χ2v) is 8.06. The average Bonchev–Trinajstić information content (AvgIpc) is 2.74. The molecule has 0 saturated heterocycles. The van der Waals surface area contributed by atoms with Crippen LogP contribution in [0.15, 0.2) is 54.6 Å². The number of esters is 2. The minimum absolute atomic E-state index is 0.113. The summed E-state index contributed by atoms with van der Waals surface area (Å²) in [6, 6.07) is 19.3. The van der Waals surface area contributed by atoms with Crippen molar-refractivity contribution in [3.05, 3.63) is 60.2 Å². The zero-order valence-corrected chi connectivity index (χ0v) is 17.5. The first-order chi connectivity index (χ1) is 14.4. The number of benzene rings is 4. The summed E-state index contributed by atoms with van der Waals surface area (Å²) in [5.41, 5.74) is 0.444. The summed E-state index contributed by atoms with van der Waals surface area (Å²) >= 11 is 0. The van der Waals surface area contributed by atoms with Crippen LogP contribution in [0.25, 0.3) is 32.3 Å². The second-order valence-electron chi connectivity index (χ2n) is 8.06. The summed E-state index contributed by atoms with van der Waals surface area (Å²) < 4.78 is 10.4. The molecule has 30 heavy (non-hydrogen) atoms. The lowest BCUT2D eigenvalue weighted by molar-refractivity contribution is -0.147. The molecule has 0 aliphatic rings. The predicted octanol–water partition coefficient (Wildman–Crippen LogP) is 4.56. The molecule has 154 valence electrons. The van der Waals surface area contributed by atoms with Crippen LogP contribution in [0, 0.1) is 0 Å². The van der Waals surface area contributed by atoms with Crippen molar-refractivity contribution in [2.75, 3.05) is 13.2 Å². The molecule has 0 atom stereocenters. The standard InChI is InChI=1S/C25H25NO4/c1-16(27)29-14-25(3,15-30-17(2)28)26-13-21-10-9-20-8-7-18-5-4-6-19-11-12-22(21)24(20)23(18)19/h4-12,26H,13-15H2,1-3H3. The van der Waals surface area contributed by atoms with E-state index in [1.165, 1.54) is 46.2 Å². The van der Waals surface area contributed by atoms with Crippen molar-refractivity contribution in [3.8, 4) is 0 Å². The Balaban J connectivity index is 1.68. The molecule has 0 amide bonds. The van der Waals surface area contributed by atoms with Crippen molar-refractivity contribution >= 4 is 44.3 Å². The van der Waals surface area contributed by atoms with Gasteiger partial charge in [-0.15, -0.1) is 0 Å². The topological polar surface area (TPSA) is 64.6 Å². The minimum Gasteiger partial charge on any atom is -0.464 e. The molecular weight excluding hydrogens is 378 g/mol. The van der Waals surface area contributed by atoms with E-state index in [0.29, 0.717) is 6.54 Å². The van der Waals surface area contributed by atoms with Crippen molar-refractivity contribution in [1.82, 2.24) is 5.32 Å². The van der Waals surface area contributed by atoms with E-state index in [1.807, 2.05) is 6.92 Å². The van der Waals surface area contributed by atoms with Gasteiger partial charge in [0.25, 0.3) is 0 Å². The highest BCUT2D eigenvalue weighted by molar-refractivity contribution is 6.23. The third-order valence-corrected chi connectivity index (χ3v) is 5.51. The smallest absolute Gasteiger partial charge is 0.302 e. The minimum atomic E-state index is -0.693. The van der Waals surface area contributed by atoms with Gasteiger partial charge < -0.3 is 14.8 Å². The molecule has 0 bridgehead atoms. The molecular formula is C25H25NO4. The van der Waals surface area contributed by atoms with Crippen molar-refractivity contribution in [2.24, 2.45) is 0 Å². The zero-order chi connectivity index (χ0) is 21.3. The maximum absolute atomic E-state index is 11.3. The summed E-state index contributed by atoms with van der Waals surface area (Å²) in [5.74, 6) is -0.734. The number of nitrogens with one attached hydrogen (secondary N) is 1. The van der Waals surface area contributed by atoms with Crippen LogP contribution >= 0.6 is 0 Å². The molecule has 0 fully saturated rings. The molecule has 5 heteroatoms. The lowest BCUT2D eigenvalue weighted by Gasteiger charge is -2.30. The van der Waals surface area contributed by atoms with Gasteiger partial charge in [-0.05, 0) is 44.8 Å². The van der Waals surface area contributed by atoms with Gasteiger partial charge in [-0.2, -0.15) is 0 Å². The Morgan fingerprint density at radius 3 is 1.93 bits per heavy atom. The fourth-order valence-corrected chi connectivity index (χ4v) is 3.92. The highest BCUT2D eigenvalue weighted by Gasteiger charge is 2.27. The molecule has 4 aromatic carbocycles. The molecule has 0 aromatic heterocycles. The Labute approximate surface area is 175 Å². The van der Waals surface area contributed by atoms with Crippen LogP contribution in [0.2, 0.25) is 0 Å². The lowest BCUT2D eigenvalue weighted by atomic mass is 9.91. The number of ether oxygens (including phenoxy) is 2. The summed E-state index contributed by atoms with van der Waals surface area (Å²) in [6.45, 7) is 5.39. The van der Waals surface area contributed by atoms with Crippen LogP contribution in [-0.2, 0) is 25.6 Å². The number of rotatable bonds is 7. The molecule has 5 nitrogen and oxygen atoms in total. The molecule has 0 unspecified atom stereocenters. The van der Waals surface area contributed by atoms with Crippen molar-refractivity contribution in [1.29, 1.82) is 0 Å². The van der Waals surface area contributed by atoms with Gasteiger partial charge in [0.05, 0.1) is 5.54 Å². The quantitative estimate of drug-likeness (QED) is 0.362. The number of hydrogen-bond acceptors (Lipinski definition) is 5. The van der Waals surface area contributed by atoms with Gasteiger partial charge in [0.2, 0.25) is 0 Å². The van der Waals surface area contributed by atoms with Gasteiger partial charge in [-0.25, -0.2) is 0 Å². The third kappa shape index (κ3) is 3.94. The van der Waals surface area contributed by atoms with Crippen LogP contribution in [0.5, 0.6) is 0 Å². The summed E-state index contributed by atoms with van der Waals surface area (Å²) in [7, 11) is 0. The third-order valence-electron chi connectivity index (χ3n) is 5.51. The largest absolute Gasteiger partial charge is 0.464 e. The summed E-state index contributed by atoms with van der Waals surface area (Å²) in [5, 5.41) is 10.8. The highest BCUT2D eigenvalue weighted by atomic mass is 16.5. The molecule has 0 saturated carbocycles. The Bertz CT molecular complexity index is 1200. The SMILES string of the molecule is CC(=O)OCC(C)(COC(C)=O)NCc1ccc2ccc3cccc4ccc1c2c34. The summed E-state index contributed by atoms with van der Waals surface area (Å²) in [6.07, 6.45) is 0. The van der Waals surface area contributed by atoms with Gasteiger partial charge in [-0.3, -0.25) is 9.59 Å². The molecule has 0 radical (unpaired) electrons.